The van der Waals surface area contributed by atoms with Crippen molar-refractivity contribution in [2.75, 3.05) is 13.1 Å². The fourth-order valence-electron chi connectivity index (χ4n) is 4.71. The molecule has 0 saturated carbocycles. The van der Waals surface area contributed by atoms with Gasteiger partial charge in [0.2, 0.25) is 0 Å². The van der Waals surface area contributed by atoms with Crippen molar-refractivity contribution < 1.29 is 8.42 Å². The van der Waals surface area contributed by atoms with Crippen LogP contribution in [0.2, 0.25) is 10.0 Å². The highest BCUT2D eigenvalue weighted by molar-refractivity contribution is 7.92. The van der Waals surface area contributed by atoms with Gasteiger partial charge in [-0.1, -0.05) is 77.8 Å². The average Bonchev–Trinajstić information content (AvgIpc) is 2.84. The highest BCUT2D eigenvalue weighted by Crippen LogP contribution is 2.32. The van der Waals surface area contributed by atoms with Crippen LogP contribution in [0.5, 0.6) is 0 Å². The first-order valence-electron chi connectivity index (χ1n) is 11.4. The van der Waals surface area contributed by atoms with Crippen LogP contribution in [0.25, 0.3) is 21.9 Å². The number of hydrogen-bond acceptors (Lipinski definition) is 3. The van der Waals surface area contributed by atoms with Gasteiger partial charge in [-0.15, -0.1) is 0 Å². The standard InChI is InChI=1S/C28H25Cl2NO2S/c29-24-9-12-27(28(30)18-24)22-7-10-25(11-8-22)34(32,33)26-13-15-31(16-14-26)19-20-5-6-21-3-1-2-4-23(21)17-20/h1-12,17-18,26H,13-16,19H2. The zero-order valence-electron chi connectivity index (χ0n) is 18.6. The van der Waals surface area contributed by atoms with E-state index in [2.05, 4.69) is 41.3 Å². The molecule has 0 unspecified atom stereocenters. The van der Waals surface area contributed by atoms with Gasteiger partial charge < -0.3 is 0 Å². The molecule has 1 saturated heterocycles. The Kier molecular flexibility index (Phi) is 6.67. The SMILES string of the molecule is O=S(=O)(c1ccc(-c2ccc(Cl)cc2Cl)cc1)C1CCN(Cc2ccc3ccccc3c2)CC1. The van der Waals surface area contributed by atoms with E-state index < -0.39 is 9.84 Å². The van der Waals surface area contributed by atoms with E-state index in [1.54, 1.807) is 24.3 Å². The third-order valence-corrected chi connectivity index (χ3v) is 9.44. The molecule has 0 bridgehead atoms. The second-order valence-electron chi connectivity index (χ2n) is 8.85. The minimum atomic E-state index is -3.38. The van der Waals surface area contributed by atoms with Crippen molar-refractivity contribution in [3.63, 3.8) is 0 Å². The van der Waals surface area contributed by atoms with Crippen LogP contribution in [-0.2, 0) is 16.4 Å². The topological polar surface area (TPSA) is 37.4 Å². The summed E-state index contributed by atoms with van der Waals surface area (Å²) in [6, 6.07) is 27.2. The molecule has 0 aliphatic carbocycles. The van der Waals surface area contributed by atoms with Crippen LogP contribution in [0, 0.1) is 0 Å². The highest BCUT2D eigenvalue weighted by atomic mass is 35.5. The Balaban J connectivity index is 1.24. The number of fused-ring (bicyclic) bond motifs is 1. The molecular weight excluding hydrogens is 485 g/mol. The minimum absolute atomic E-state index is 0.356. The highest BCUT2D eigenvalue weighted by Gasteiger charge is 2.31. The Morgan fingerprint density at radius 1 is 0.794 bits per heavy atom. The molecule has 1 heterocycles. The molecule has 5 rings (SSSR count). The van der Waals surface area contributed by atoms with Gasteiger partial charge in [0.25, 0.3) is 0 Å². The summed E-state index contributed by atoms with van der Waals surface area (Å²) in [7, 11) is -3.38. The molecule has 0 amide bonds. The molecule has 4 aromatic rings. The summed E-state index contributed by atoms with van der Waals surface area (Å²) >= 11 is 12.3. The van der Waals surface area contributed by atoms with Gasteiger partial charge in [0.15, 0.2) is 9.84 Å². The molecule has 174 valence electrons. The molecule has 0 spiro atoms. The normalized spacial score (nSPS) is 15.6. The van der Waals surface area contributed by atoms with Crippen molar-refractivity contribution in [1.29, 1.82) is 0 Å². The van der Waals surface area contributed by atoms with Gasteiger partial charge in [0, 0.05) is 22.2 Å². The van der Waals surface area contributed by atoms with E-state index in [1.165, 1.54) is 16.3 Å². The molecule has 0 atom stereocenters. The van der Waals surface area contributed by atoms with E-state index in [-0.39, 0.29) is 5.25 Å². The Labute approximate surface area is 210 Å². The number of halogens is 2. The van der Waals surface area contributed by atoms with Crippen molar-refractivity contribution >= 4 is 43.8 Å². The van der Waals surface area contributed by atoms with E-state index in [0.717, 1.165) is 30.8 Å². The fraction of sp³-hybridized carbons (Fsp3) is 0.214. The van der Waals surface area contributed by atoms with Crippen LogP contribution in [0.4, 0.5) is 0 Å². The third kappa shape index (κ3) is 4.87. The molecule has 1 aliphatic heterocycles. The largest absolute Gasteiger partial charge is 0.299 e. The summed E-state index contributed by atoms with van der Waals surface area (Å²) in [6.45, 7) is 2.39. The first kappa shape index (κ1) is 23.4. The lowest BCUT2D eigenvalue weighted by Gasteiger charge is -2.31. The van der Waals surface area contributed by atoms with Gasteiger partial charge in [-0.25, -0.2) is 8.42 Å². The van der Waals surface area contributed by atoms with Gasteiger partial charge in [-0.3, -0.25) is 4.90 Å². The Bertz CT molecular complexity index is 1430. The van der Waals surface area contributed by atoms with Crippen molar-refractivity contribution in [1.82, 2.24) is 4.90 Å². The summed E-state index contributed by atoms with van der Waals surface area (Å²) in [5.74, 6) is 0. The Morgan fingerprint density at radius 2 is 1.50 bits per heavy atom. The molecule has 4 aromatic carbocycles. The zero-order valence-corrected chi connectivity index (χ0v) is 21.0. The van der Waals surface area contributed by atoms with E-state index in [1.807, 2.05) is 24.3 Å². The Morgan fingerprint density at radius 3 is 2.21 bits per heavy atom. The average molecular weight is 510 g/mol. The lowest BCUT2D eigenvalue weighted by atomic mass is 10.1. The number of piperidine rings is 1. The molecule has 1 aliphatic rings. The molecule has 0 aromatic heterocycles. The summed E-state index contributed by atoms with van der Waals surface area (Å²) in [6.07, 6.45) is 1.28. The number of sulfone groups is 1. The van der Waals surface area contributed by atoms with Crippen LogP contribution >= 0.6 is 23.2 Å². The monoisotopic (exact) mass is 509 g/mol. The van der Waals surface area contributed by atoms with Crippen molar-refractivity contribution in [2.24, 2.45) is 0 Å². The summed E-state index contributed by atoms with van der Waals surface area (Å²) in [5, 5.41) is 3.23. The van der Waals surface area contributed by atoms with Crippen molar-refractivity contribution in [2.45, 2.75) is 29.5 Å². The maximum absolute atomic E-state index is 13.3. The van der Waals surface area contributed by atoms with Gasteiger partial charge in [-0.05, 0) is 78.2 Å². The van der Waals surface area contributed by atoms with E-state index in [4.69, 9.17) is 23.2 Å². The quantitative estimate of drug-likeness (QED) is 0.284. The lowest BCUT2D eigenvalue weighted by Crippen LogP contribution is -2.38. The first-order chi connectivity index (χ1) is 16.4. The van der Waals surface area contributed by atoms with Crippen molar-refractivity contribution in [3.05, 3.63) is 101 Å². The van der Waals surface area contributed by atoms with Crippen LogP contribution in [-0.4, -0.2) is 31.7 Å². The van der Waals surface area contributed by atoms with Crippen LogP contribution < -0.4 is 0 Å². The molecule has 1 fully saturated rings. The van der Waals surface area contributed by atoms with Crippen molar-refractivity contribution in [3.8, 4) is 11.1 Å². The van der Waals surface area contributed by atoms with Crippen LogP contribution in [0.1, 0.15) is 18.4 Å². The van der Waals surface area contributed by atoms with Gasteiger partial charge >= 0.3 is 0 Å². The predicted octanol–water partition coefficient (Wildman–Crippen LogP) is 7.25. The lowest BCUT2D eigenvalue weighted by molar-refractivity contribution is 0.222. The molecular formula is C28H25Cl2NO2S. The molecule has 34 heavy (non-hydrogen) atoms. The second-order valence-corrected chi connectivity index (χ2v) is 11.9. The molecule has 3 nitrogen and oxygen atoms in total. The number of rotatable bonds is 5. The molecule has 6 heteroatoms. The maximum Gasteiger partial charge on any atom is 0.181 e. The minimum Gasteiger partial charge on any atom is -0.299 e. The van der Waals surface area contributed by atoms with E-state index >= 15 is 0 Å². The zero-order chi connectivity index (χ0) is 23.7. The van der Waals surface area contributed by atoms with Crippen LogP contribution in [0.15, 0.2) is 89.8 Å². The van der Waals surface area contributed by atoms with Gasteiger partial charge in [0.1, 0.15) is 0 Å². The van der Waals surface area contributed by atoms with Gasteiger partial charge in [-0.2, -0.15) is 0 Å². The summed E-state index contributed by atoms with van der Waals surface area (Å²) in [5.41, 5.74) is 2.96. The predicted molar refractivity (Wildman–Crippen MR) is 141 cm³/mol. The second kappa shape index (κ2) is 9.71. The number of likely N-dealkylation sites (tertiary alicyclic amines) is 1. The van der Waals surface area contributed by atoms with E-state index in [9.17, 15) is 8.42 Å². The number of nitrogens with zero attached hydrogens (tertiary/aromatic N) is 1. The summed E-state index contributed by atoms with van der Waals surface area (Å²) < 4.78 is 26.6. The number of hydrogen-bond donors (Lipinski definition) is 0. The summed E-state index contributed by atoms with van der Waals surface area (Å²) in [4.78, 5) is 2.72. The Hall–Kier alpha value is -2.37. The first-order valence-corrected chi connectivity index (χ1v) is 13.7. The van der Waals surface area contributed by atoms with E-state index in [0.29, 0.717) is 27.8 Å². The van der Waals surface area contributed by atoms with Gasteiger partial charge in [0.05, 0.1) is 10.1 Å². The number of benzene rings is 4. The maximum atomic E-state index is 13.3. The third-order valence-electron chi connectivity index (χ3n) is 6.62. The molecule has 0 N–H and O–H groups in total. The van der Waals surface area contributed by atoms with Crippen LogP contribution in [0.3, 0.4) is 0 Å². The molecule has 0 radical (unpaired) electrons. The smallest absolute Gasteiger partial charge is 0.181 e. The fourth-order valence-corrected chi connectivity index (χ4v) is 6.96.